The number of hydrogen-bond donors (Lipinski definition) is 1. The number of thiophene rings is 1. The lowest BCUT2D eigenvalue weighted by atomic mass is 9.82. The second-order valence-corrected chi connectivity index (χ2v) is 9.61. The zero-order chi connectivity index (χ0) is 21.6. The number of ether oxygens (including phenoxy) is 1. The van der Waals surface area contributed by atoms with Crippen LogP contribution in [0.1, 0.15) is 66.6 Å². The van der Waals surface area contributed by atoms with Crippen LogP contribution in [0.2, 0.25) is 0 Å². The van der Waals surface area contributed by atoms with Crippen molar-refractivity contribution in [3.05, 3.63) is 52.2 Å². The Bertz CT molecular complexity index is 936. The Kier molecular flexibility index (Phi) is 7.23. The van der Waals surface area contributed by atoms with E-state index in [1.165, 1.54) is 55.3 Å². The van der Waals surface area contributed by atoms with Crippen molar-refractivity contribution < 1.29 is 14.3 Å². The summed E-state index contributed by atoms with van der Waals surface area (Å²) in [6.45, 7) is 0.670. The average molecular weight is 438 g/mol. The molecule has 31 heavy (non-hydrogen) atoms. The van der Waals surface area contributed by atoms with Gasteiger partial charge in [0.05, 0.1) is 17.9 Å². The quantitative estimate of drug-likeness (QED) is 0.557. The summed E-state index contributed by atoms with van der Waals surface area (Å²) in [4.78, 5) is 25.0. The highest BCUT2D eigenvalue weighted by molar-refractivity contribution is 7.12. The Morgan fingerprint density at radius 1 is 1.03 bits per heavy atom. The van der Waals surface area contributed by atoms with Gasteiger partial charge >= 0.3 is 5.97 Å². The lowest BCUT2D eigenvalue weighted by Gasteiger charge is -2.26. The standard InChI is InChI=1S/C26H31NO3S/c1-30-26(29)22-9-7-18(8-10-22)16-27-25(28)24-15-23(17-31-24)21-13-11-20(12-14-21)19-5-3-2-4-6-19/h5,11-15,17-18,22H,2-4,6-10,16H2,1H3,(H,27,28). The van der Waals surface area contributed by atoms with Gasteiger partial charge in [-0.3, -0.25) is 9.59 Å². The maximum Gasteiger partial charge on any atom is 0.308 e. The summed E-state index contributed by atoms with van der Waals surface area (Å²) in [5.74, 6) is 0.357. The highest BCUT2D eigenvalue weighted by atomic mass is 32.1. The molecule has 0 radical (unpaired) electrons. The molecule has 1 saturated carbocycles. The maximum absolute atomic E-state index is 12.6. The highest BCUT2D eigenvalue weighted by Crippen LogP contribution is 2.31. The van der Waals surface area contributed by atoms with E-state index in [0.717, 1.165) is 41.7 Å². The topological polar surface area (TPSA) is 55.4 Å². The SMILES string of the molecule is COC(=O)C1CCC(CNC(=O)c2cc(-c3ccc(C4=CCCCC4)cc3)cs2)CC1. The number of carbonyl (C=O) groups excluding carboxylic acids is 2. The molecule has 1 heterocycles. The maximum atomic E-state index is 12.6. The zero-order valence-corrected chi connectivity index (χ0v) is 19.0. The Labute approximate surface area is 188 Å². The molecule has 0 aliphatic heterocycles. The molecule has 5 heteroatoms. The van der Waals surface area contributed by atoms with Gasteiger partial charge in [0.2, 0.25) is 0 Å². The first-order chi connectivity index (χ1) is 15.1. The van der Waals surface area contributed by atoms with Crippen LogP contribution in [-0.2, 0) is 9.53 Å². The number of methoxy groups -OCH3 is 1. The molecular weight excluding hydrogens is 406 g/mol. The van der Waals surface area contributed by atoms with E-state index in [4.69, 9.17) is 4.74 Å². The molecule has 164 valence electrons. The molecule has 4 nitrogen and oxygen atoms in total. The summed E-state index contributed by atoms with van der Waals surface area (Å²) < 4.78 is 4.85. The highest BCUT2D eigenvalue weighted by Gasteiger charge is 2.27. The number of esters is 1. The molecule has 4 rings (SSSR count). The first kappa shape index (κ1) is 21.8. The van der Waals surface area contributed by atoms with Gasteiger partial charge in [0.1, 0.15) is 0 Å². The third-order valence-electron chi connectivity index (χ3n) is 6.64. The minimum atomic E-state index is -0.0999. The number of amides is 1. The van der Waals surface area contributed by atoms with Gasteiger partial charge in [0.25, 0.3) is 5.91 Å². The summed E-state index contributed by atoms with van der Waals surface area (Å²) in [6.07, 6.45) is 10.9. The first-order valence-corrected chi connectivity index (χ1v) is 12.3. The van der Waals surface area contributed by atoms with E-state index in [-0.39, 0.29) is 17.8 Å². The van der Waals surface area contributed by atoms with Crippen molar-refractivity contribution in [1.29, 1.82) is 0 Å². The van der Waals surface area contributed by atoms with E-state index in [9.17, 15) is 9.59 Å². The number of nitrogens with one attached hydrogen (secondary N) is 1. The Hall–Kier alpha value is -2.40. The van der Waals surface area contributed by atoms with E-state index in [1.807, 2.05) is 6.07 Å². The molecule has 0 spiro atoms. The molecule has 0 bridgehead atoms. The molecule has 1 aromatic carbocycles. The normalized spacial score (nSPS) is 21.3. The van der Waals surface area contributed by atoms with Crippen molar-refractivity contribution in [3.8, 4) is 11.1 Å². The Morgan fingerprint density at radius 2 is 1.77 bits per heavy atom. The van der Waals surface area contributed by atoms with Crippen LogP contribution < -0.4 is 5.32 Å². The van der Waals surface area contributed by atoms with Crippen molar-refractivity contribution in [1.82, 2.24) is 5.32 Å². The summed E-state index contributed by atoms with van der Waals surface area (Å²) in [5.41, 5.74) is 5.02. The minimum Gasteiger partial charge on any atom is -0.469 e. The van der Waals surface area contributed by atoms with Gasteiger partial charge in [-0.2, -0.15) is 0 Å². The van der Waals surface area contributed by atoms with Gasteiger partial charge in [0, 0.05) is 6.54 Å². The molecule has 1 amide bonds. The molecule has 2 aliphatic rings. The fourth-order valence-electron chi connectivity index (χ4n) is 4.68. The van der Waals surface area contributed by atoms with Crippen LogP contribution in [-0.4, -0.2) is 25.5 Å². The summed E-state index contributed by atoms with van der Waals surface area (Å²) >= 11 is 1.49. The van der Waals surface area contributed by atoms with Crippen LogP contribution in [0.15, 0.2) is 41.8 Å². The van der Waals surface area contributed by atoms with E-state index >= 15 is 0 Å². The average Bonchev–Trinajstić information content (AvgIpc) is 3.33. The van der Waals surface area contributed by atoms with Gasteiger partial charge in [-0.05, 0) is 91.0 Å². The molecule has 0 saturated heterocycles. The number of carbonyl (C=O) groups is 2. The van der Waals surface area contributed by atoms with Gasteiger partial charge in [-0.15, -0.1) is 11.3 Å². The van der Waals surface area contributed by atoms with Crippen LogP contribution >= 0.6 is 11.3 Å². The largest absolute Gasteiger partial charge is 0.469 e. The van der Waals surface area contributed by atoms with E-state index in [2.05, 4.69) is 41.0 Å². The number of benzene rings is 1. The van der Waals surface area contributed by atoms with Gasteiger partial charge < -0.3 is 10.1 Å². The van der Waals surface area contributed by atoms with E-state index in [0.29, 0.717) is 12.5 Å². The lowest BCUT2D eigenvalue weighted by molar-refractivity contribution is -0.146. The Morgan fingerprint density at radius 3 is 2.45 bits per heavy atom. The van der Waals surface area contributed by atoms with Crippen molar-refractivity contribution >= 4 is 28.8 Å². The van der Waals surface area contributed by atoms with Crippen molar-refractivity contribution in [2.75, 3.05) is 13.7 Å². The predicted octanol–water partition coefficient (Wildman–Crippen LogP) is 6.08. The van der Waals surface area contributed by atoms with E-state index in [1.54, 1.807) is 0 Å². The second kappa shape index (κ2) is 10.3. The first-order valence-electron chi connectivity index (χ1n) is 11.4. The third kappa shape index (κ3) is 5.45. The smallest absolute Gasteiger partial charge is 0.308 e. The molecule has 2 aliphatic carbocycles. The molecule has 0 unspecified atom stereocenters. The molecule has 1 N–H and O–H groups in total. The molecule has 0 atom stereocenters. The van der Waals surface area contributed by atoms with E-state index < -0.39 is 0 Å². The summed E-state index contributed by atoms with van der Waals surface area (Å²) in [6, 6.07) is 10.7. The monoisotopic (exact) mass is 437 g/mol. The molecule has 1 fully saturated rings. The van der Waals surface area contributed by atoms with Crippen molar-refractivity contribution in [2.45, 2.75) is 51.4 Å². The summed E-state index contributed by atoms with van der Waals surface area (Å²) in [7, 11) is 1.45. The van der Waals surface area contributed by atoms with Gasteiger partial charge in [0.15, 0.2) is 0 Å². The fourth-order valence-corrected chi connectivity index (χ4v) is 5.51. The number of rotatable bonds is 6. The molecule has 1 aromatic heterocycles. The Balaban J connectivity index is 1.30. The van der Waals surface area contributed by atoms with Gasteiger partial charge in [-0.25, -0.2) is 0 Å². The van der Waals surface area contributed by atoms with Crippen LogP contribution in [0.25, 0.3) is 16.7 Å². The predicted molar refractivity (Wildman–Crippen MR) is 126 cm³/mol. The fraction of sp³-hybridized carbons (Fsp3) is 0.462. The molecular formula is C26H31NO3S. The van der Waals surface area contributed by atoms with Crippen LogP contribution in [0.5, 0.6) is 0 Å². The zero-order valence-electron chi connectivity index (χ0n) is 18.2. The molecule has 2 aromatic rings. The van der Waals surface area contributed by atoms with Gasteiger partial charge in [-0.1, -0.05) is 30.3 Å². The van der Waals surface area contributed by atoms with Crippen LogP contribution in [0.3, 0.4) is 0 Å². The van der Waals surface area contributed by atoms with Crippen molar-refractivity contribution in [2.24, 2.45) is 11.8 Å². The van der Waals surface area contributed by atoms with Crippen LogP contribution in [0, 0.1) is 11.8 Å². The summed E-state index contributed by atoms with van der Waals surface area (Å²) in [5, 5.41) is 5.15. The second-order valence-electron chi connectivity index (χ2n) is 8.70. The van der Waals surface area contributed by atoms with Crippen LogP contribution in [0.4, 0.5) is 0 Å². The third-order valence-corrected chi connectivity index (χ3v) is 7.56. The van der Waals surface area contributed by atoms with Crippen molar-refractivity contribution in [3.63, 3.8) is 0 Å². The minimum absolute atomic E-state index is 0.00433. The number of hydrogen-bond acceptors (Lipinski definition) is 4. The number of allylic oxidation sites excluding steroid dienone is 2. The lowest BCUT2D eigenvalue weighted by Crippen LogP contribution is -2.32.